The molecule has 0 unspecified atom stereocenters. The molecule has 1 aliphatic rings. The van der Waals surface area contributed by atoms with Gasteiger partial charge in [0.15, 0.2) is 0 Å². The van der Waals surface area contributed by atoms with E-state index in [4.69, 9.17) is 0 Å². The number of nitrogens with one attached hydrogen (secondary N) is 2. The Balaban J connectivity index is 1.59. The third kappa shape index (κ3) is 6.49. The van der Waals surface area contributed by atoms with E-state index in [1.165, 1.54) is 30.5 Å². The lowest BCUT2D eigenvalue weighted by atomic mass is 9.97. The number of carbonyl (C=O) groups excluding carboxylic acids is 2. The molecule has 2 aromatic rings. The molecule has 0 saturated carbocycles. The number of phenols is 1. The highest BCUT2D eigenvalue weighted by Crippen LogP contribution is 2.20. The summed E-state index contributed by atoms with van der Waals surface area (Å²) in [6, 6.07) is 15.1. The molecule has 3 rings (SSSR count). The predicted octanol–water partition coefficient (Wildman–Crippen LogP) is 4.26. The number of hydrogen-bond acceptors (Lipinski definition) is 3. The molecule has 1 atom stereocenters. The molecule has 0 spiro atoms. The highest BCUT2D eigenvalue weighted by molar-refractivity contribution is 5.95. The number of phenolic OH excluding ortho intramolecular Hbond substituents is 1. The largest absolute Gasteiger partial charge is 0.508 e. The Morgan fingerprint density at radius 3 is 2.45 bits per heavy atom. The van der Waals surface area contributed by atoms with Crippen LogP contribution in [0.15, 0.2) is 66.2 Å². The highest BCUT2D eigenvalue weighted by Gasteiger charge is 2.19. The van der Waals surface area contributed by atoms with Gasteiger partial charge in [-0.3, -0.25) is 9.59 Å². The molecule has 0 aliphatic heterocycles. The van der Waals surface area contributed by atoms with Crippen LogP contribution in [0.1, 0.15) is 60.5 Å². The van der Waals surface area contributed by atoms with Crippen LogP contribution in [0.4, 0.5) is 0 Å². The molecule has 2 aromatic carbocycles. The van der Waals surface area contributed by atoms with Gasteiger partial charge in [-0.25, -0.2) is 0 Å². The molecule has 5 nitrogen and oxygen atoms in total. The van der Waals surface area contributed by atoms with E-state index in [1.54, 1.807) is 12.1 Å². The van der Waals surface area contributed by atoms with Gasteiger partial charge in [-0.2, -0.15) is 0 Å². The van der Waals surface area contributed by atoms with Crippen molar-refractivity contribution >= 4 is 11.8 Å². The second-order valence-electron chi connectivity index (χ2n) is 7.40. The number of amides is 2. The van der Waals surface area contributed by atoms with Crippen LogP contribution in [0.3, 0.4) is 0 Å². The topological polar surface area (TPSA) is 78.4 Å². The van der Waals surface area contributed by atoms with Crippen LogP contribution in [0.5, 0.6) is 5.75 Å². The van der Waals surface area contributed by atoms with Gasteiger partial charge in [-0.15, -0.1) is 0 Å². The SMILES string of the molecule is O=C(C[C@@H](NC(=O)c1ccc(O)cc1)c1ccccc1)NCCC1=CCCCC1. The van der Waals surface area contributed by atoms with Crippen molar-refractivity contribution in [3.05, 3.63) is 77.4 Å². The van der Waals surface area contributed by atoms with Crippen LogP contribution in [0.25, 0.3) is 0 Å². The lowest BCUT2D eigenvalue weighted by molar-refractivity contribution is -0.121. The number of benzene rings is 2. The van der Waals surface area contributed by atoms with Crippen molar-refractivity contribution in [2.75, 3.05) is 6.54 Å². The van der Waals surface area contributed by atoms with Crippen molar-refractivity contribution < 1.29 is 14.7 Å². The van der Waals surface area contributed by atoms with Gasteiger partial charge in [0.05, 0.1) is 12.5 Å². The first-order chi connectivity index (χ1) is 14.1. The first-order valence-electron chi connectivity index (χ1n) is 10.2. The van der Waals surface area contributed by atoms with Crippen molar-refractivity contribution in [3.63, 3.8) is 0 Å². The summed E-state index contributed by atoms with van der Waals surface area (Å²) in [6.07, 6.45) is 8.12. The lowest BCUT2D eigenvalue weighted by Crippen LogP contribution is -2.34. The van der Waals surface area contributed by atoms with Gasteiger partial charge in [0.25, 0.3) is 5.91 Å². The maximum Gasteiger partial charge on any atom is 0.251 e. The molecule has 0 aromatic heterocycles. The van der Waals surface area contributed by atoms with E-state index < -0.39 is 6.04 Å². The van der Waals surface area contributed by atoms with Gasteiger partial charge >= 0.3 is 0 Å². The van der Waals surface area contributed by atoms with E-state index in [0.29, 0.717) is 12.1 Å². The van der Waals surface area contributed by atoms with Gasteiger partial charge in [0.1, 0.15) is 5.75 Å². The molecule has 2 amide bonds. The van der Waals surface area contributed by atoms with Gasteiger partial charge < -0.3 is 15.7 Å². The molecule has 0 heterocycles. The van der Waals surface area contributed by atoms with E-state index >= 15 is 0 Å². The summed E-state index contributed by atoms with van der Waals surface area (Å²) in [5.41, 5.74) is 2.75. The summed E-state index contributed by atoms with van der Waals surface area (Å²) in [5.74, 6) is -0.256. The zero-order valence-electron chi connectivity index (χ0n) is 16.6. The minimum absolute atomic E-state index is 0.0822. The Labute approximate surface area is 171 Å². The lowest BCUT2D eigenvalue weighted by Gasteiger charge is -2.19. The van der Waals surface area contributed by atoms with E-state index in [9.17, 15) is 14.7 Å². The Hall–Kier alpha value is -3.08. The Bertz CT molecular complexity index is 844. The van der Waals surface area contributed by atoms with E-state index in [1.807, 2.05) is 30.3 Å². The van der Waals surface area contributed by atoms with Crippen molar-refractivity contribution in [1.29, 1.82) is 0 Å². The third-order valence-corrected chi connectivity index (χ3v) is 5.18. The fourth-order valence-corrected chi connectivity index (χ4v) is 3.54. The number of carbonyl (C=O) groups is 2. The van der Waals surface area contributed by atoms with E-state index in [2.05, 4.69) is 16.7 Å². The Kier molecular flexibility index (Phi) is 7.45. The standard InChI is InChI=1S/C24H28N2O3/c27-21-13-11-20(12-14-21)24(29)26-22(19-9-5-2-6-10-19)17-23(28)25-16-15-18-7-3-1-4-8-18/h2,5-7,9-14,22,27H,1,3-4,8,15-17H2,(H,25,28)(H,26,29)/t22-/m1/s1. The fourth-order valence-electron chi connectivity index (χ4n) is 3.54. The molecule has 29 heavy (non-hydrogen) atoms. The summed E-state index contributed by atoms with van der Waals surface area (Å²) in [4.78, 5) is 25.1. The summed E-state index contributed by atoms with van der Waals surface area (Å²) in [5, 5.41) is 15.3. The third-order valence-electron chi connectivity index (χ3n) is 5.18. The van der Waals surface area contributed by atoms with Crippen molar-refractivity contribution in [2.45, 2.75) is 44.6 Å². The van der Waals surface area contributed by atoms with Gasteiger partial charge in [-0.1, -0.05) is 42.0 Å². The van der Waals surface area contributed by atoms with Gasteiger partial charge in [-0.05, 0) is 61.9 Å². The first-order valence-corrected chi connectivity index (χ1v) is 10.2. The average Bonchev–Trinajstić information content (AvgIpc) is 2.75. The maximum atomic E-state index is 12.6. The molecular weight excluding hydrogens is 364 g/mol. The van der Waals surface area contributed by atoms with Crippen LogP contribution in [0, 0.1) is 0 Å². The Morgan fingerprint density at radius 1 is 1.00 bits per heavy atom. The zero-order chi connectivity index (χ0) is 20.5. The van der Waals surface area contributed by atoms with Crippen LogP contribution >= 0.6 is 0 Å². The van der Waals surface area contributed by atoms with Crippen molar-refractivity contribution in [2.24, 2.45) is 0 Å². The molecular formula is C24H28N2O3. The number of aromatic hydroxyl groups is 1. The molecule has 152 valence electrons. The second-order valence-corrected chi connectivity index (χ2v) is 7.40. The van der Waals surface area contributed by atoms with Gasteiger partial charge in [0, 0.05) is 12.1 Å². The minimum Gasteiger partial charge on any atom is -0.508 e. The maximum absolute atomic E-state index is 12.6. The second kappa shape index (κ2) is 10.5. The normalized spacial score (nSPS) is 14.6. The average molecular weight is 392 g/mol. The zero-order valence-corrected chi connectivity index (χ0v) is 16.6. The highest BCUT2D eigenvalue weighted by atomic mass is 16.3. The molecule has 3 N–H and O–H groups in total. The van der Waals surface area contributed by atoms with Crippen LogP contribution in [-0.4, -0.2) is 23.5 Å². The number of rotatable bonds is 8. The van der Waals surface area contributed by atoms with Crippen LogP contribution in [0.2, 0.25) is 0 Å². The smallest absolute Gasteiger partial charge is 0.251 e. The first kappa shape index (κ1) is 20.6. The van der Waals surface area contributed by atoms with Crippen molar-refractivity contribution in [3.8, 4) is 5.75 Å². The van der Waals surface area contributed by atoms with Crippen molar-refractivity contribution in [1.82, 2.24) is 10.6 Å². The summed E-state index contributed by atoms with van der Waals surface area (Å²) in [7, 11) is 0. The molecule has 0 fully saturated rings. The molecule has 1 aliphatic carbocycles. The molecule has 0 bridgehead atoms. The molecule has 0 saturated heterocycles. The van der Waals surface area contributed by atoms with Crippen LogP contribution in [-0.2, 0) is 4.79 Å². The van der Waals surface area contributed by atoms with E-state index in [0.717, 1.165) is 24.8 Å². The summed E-state index contributed by atoms with van der Waals surface area (Å²) >= 11 is 0. The molecule has 0 radical (unpaired) electrons. The number of allylic oxidation sites excluding steroid dienone is 1. The summed E-state index contributed by atoms with van der Waals surface area (Å²) in [6.45, 7) is 0.623. The summed E-state index contributed by atoms with van der Waals surface area (Å²) < 4.78 is 0. The monoisotopic (exact) mass is 392 g/mol. The fraction of sp³-hybridized carbons (Fsp3) is 0.333. The Morgan fingerprint density at radius 2 is 1.76 bits per heavy atom. The van der Waals surface area contributed by atoms with Crippen LogP contribution < -0.4 is 10.6 Å². The quantitative estimate of drug-likeness (QED) is 0.587. The molecule has 5 heteroatoms. The van der Waals surface area contributed by atoms with E-state index in [-0.39, 0.29) is 24.0 Å². The minimum atomic E-state index is -0.425. The predicted molar refractivity (Wildman–Crippen MR) is 114 cm³/mol. The van der Waals surface area contributed by atoms with Gasteiger partial charge in [0.2, 0.25) is 5.91 Å². The number of hydrogen-bond donors (Lipinski definition) is 3.